The van der Waals surface area contributed by atoms with Crippen molar-refractivity contribution in [1.29, 1.82) is 0 Å². The van der Waals surface area contributed by atoms with Crippen molar-refractivity contribution in [2.24, 2.45) is 7.05 Å². The van der Waals surface area contributed by atoms with Crippen molar-refractivity contribution in [3.8, 4) is 17.0 Å². The van der Waals surface area contributed by atoms with E-state index in [1.807, 2.05) is 29.9 Å². The molecule has 0 saturated heterocycles. The van der Waals surface area contributed by atoms with E-state index in [1.54, 1.807) is 0 Å². The molecule has 4 rings (SSSR count). The first-order chi connectivity index (χ1) is 13.8. The molecule has 5 nitrogen and oxygen atoms in total. The van der Waals surface area contributed by atoms with E-state index in [2.05, 4.69) is 41.3 Å². The lowest BCUT2D eigenvalue weighted by Gasteiger charge is -2.21. The summed E-state index contributed by atoms with van der Waals surface area (Å²) in [4.78, 5) is 2.47. The lowest BCUT2D eigenvalue weighted by molar-refractivity contribution is 0.197. The number of hydrogen-bond donors (Lipinski definition) is 1. The molecule has 146 valence electrons. The third kappa shape index (κ3) is 3.96. The van der Waals surface area contributed by atoms with Gasteiger partial charge in [-0.3, -0.25) is 9.58 Å². The maximum atomic E-state index is 9.05. The number of aromatic nitrogens is 2. The molecule has 1 aliphatic heterocycles. The number of aryl methyl sites for hydroxylation is 1. The smallest absolute Gasteiger partial charge is 0.123 e. The molecule has 0 spiro atoms. The average Bonchev–Trinajstić information content (AvgIpc) is 2.92. The molecule has 1 aromatic heterocycles. The molecule has 0 unspecified atom stereocenters. The first-order valence-electron chi connectivity index (χ1n) is 9.90. The quantitative estimate of drug-likeness (QED) is 0.717. The number of ether oxygens (including phenoxy) is 1. The van der Waals surface area contributed by atoms with Crippen molar-refractivity contribution in [3.63, 3.8) is 0 Å². The van der Waals surface area contributed by atoms with Gasteiger partial charge in [0, 0.05) is 49.8 Å². The fourth-order valence-corrected chi connectivity index (χ4v) is 4.02. The second-order valence-electron chi connectivity index (χ2n) is 7.22. The zero-order valence-corrected chi connectivity index (χ0v) is 16.3. The Kier molecular flexibility index (Phi) is 5.74. The van der Waals surface area contributed by atoms with Crippen molar-refractivity contribution in [1.82, 2.24) is 14.7 Å². The van der Waals surface area contributed by atoms with Gasteiger partial charge in [0.15, 0.2) is 0 Å². The molecule has 28 heavy (non-hydrogen) atoms. The van der Waals surface area contributed by atoms with E-state index in [9.17, 15) is 0 Å². The summed E-state index contributed by atoms with van der Waals surface area (Å²) < 4.78 is 7.74. The third-order valence-electron chi connectivity index (χ3n) is 5.33. The number of rotatable bonds is 6. The van der Waals surface area contributed by atoms with Crippen LogP contribution in [0.3, 0.4) is 0 Å². The van der Waals surface area contributed by atoms with Crippen LogP contribution in [0.4, 0.5) is 0 Å². The summed E-state index contributed by atoms with van der Waals surface area (Å²) in [5.41, 5.74) is 6.23. The fourth-order valence-electron chi connectivity index (χ4n) is 4.02. The van der Waals surface area contributed by atoms with Gasteiger partial charge in [0.05, 0.1) is 18.0 Å². The van der Waals surface area contributed by atoms with Gasteiger partial charge < -0.3 is 9.84 Å². The van der Waals surface area contributed by atoms with E-state index in [0.29, 0.717) is 6.61 Å². The molecule has 0 saturated carbocycles. The first-order valence-corrected chi connectivity index (χ1v) is 9.90. The van der Waals surface area contributed by atoms with Crippen molar-refractivity contribution >= 4 is 0 Å². The minimum absolute atomic E-state index is 0.0296. The van der Waals surface area contributed by atoms with E-state index in [0.717, 1.165) is 38.2 Å². The number of para-hydroxylation sites is 1. The summed E-state index contributed by atoms with van der Waals surface area (Å²) in [6.45, 7) is 3.17. The molecular weight excluding hydrogens is 350 g/mol. The van der Waals surface area contributed by atoms with E-state index in [-0.39, 0.29) is 6.61 Å². The Hall–Kier alpha value is -2.63. The van der Waals surface area contributed by atoms with Gasteiger partial charge in [-0.2, -0.15) is 5.10 Å². The maximum absolute atomic E-state index is 9.05. The molecule has 0 aliphatic carbocycles. The Bertz CT molecular complexity index is 921. The van der Waals surface area contributed by atoms with E-state index < -0.39 is 0 Å². The number of hydrogen-bond acceptors (Lipinski definition) is 4. The van der Waals surface area contributed by atoms with E-state index >= 15 is 0 Å². The number of fused-ring (bicyclic) bond motifs is 1. The Morgan fingerprint density at radius 1 is 1.00 bits per heavy atom. The molecule has 2 heterocycles. The van der Waals surface area contributed by atoms with Crippen molar-refractivity contribution in [2.75, 3.05) is 26.3 Å². The lowest BCUT2D eigenvalue weighted by Crippen LogP contribution is -2.26. The number of aliphatic hydroxyl groups is 1. The Morgan fingerprint density at radius 2 is 1.75 bits per heavy atom. The Labute approximate surface area is 166 Å². The highest BCUT2D eigenvalue weighted by Crippen LogP contribution is 2.29. The largest absolute Gasteiger partial charge is 0.491 e. The summed E-state index contributed by atoms with van der Waals surface area (Å²) in [5, 5.41) is 13.9. The molecule has 0 bridgehead atoms. The minimum Gasteiger partial charge on any atom is -0.491 e. The number of aliphatic hydroxyl groups excluding tert-OH is 1. The van der Waals surface area contributed by atoms with E-state index in [4.69, 9.17) is 14.9 Å². The van der Waals surface area contributed by atoms with Crippen molar-refractivity contribution < 1.29 is 9.84 Å². The van der Waals surface area contributed by atoms with Gasteiger partial charge >= 0.3 is 0 Å². The van der Waals surface area contributed by atoms with Crippen LogP contribution in [-0.2, 0) is 26.4 Å². The van der Waals surface area contributed by atoms with Crippen molar-refractivity contribution in [2.45, 2.75) is 19.4 Å². The van der Waals surface area contributed by atoms with Gasteiger partial charge in [-0.15, -0.1) is 0 Å². The van der Waals surface area contributed by atoms with Crippen LogP contribution in [0.25, 0.3) is 11.3 Å². The number of benzene rings is 2. The topological polar surface area (TPSA) is 50.5 Å². The van der Waals surface area contributed by atoms with Crippen LogP contribution >= 0.6 is 0 Å². The molecule has 2 aromatic carbocycles. The van der Waals surface area contributed by atoms with Crippen LogP contribution in [0.1, 0.15) is 16.8 Å². The minimum atomic E-state index is 0.0296. The summed E-state index contributed by atoms with van der Waals surface area (Å²) >= 11 is 0. The lowest BCUT2D eigenvalue weighted by atomic mass is 10.0. The molecule has 3 aromatic rings. The second-order valence-corrected chi connectivity index (χ2v) is 7.22. The molecule has 0 fully saturated rings. The molecule has 0 amide bonds. The summed E-state index contributed by atoms with van der Waals surface area (Å²) in [6.07, 6.45) is 1.95. The van der Waals surface area contributed by atoms with Gasteiger partial charge in [0.2, 0.25) is 0 Å². The zero-order valence-electron chi connectivity index (χ0n) is 16.3. The molecular formula is C23H27N3O2. The van der Waals surface area contributed by atoms with Crippen LogP contribution in [0, 0.1) is 0 Å². The van der Waals surface area contributed by atoms with E-state index in [1.165, 1.54) is 28.1 Å². The first kappa shape index (κ1) is 18.7. The average molecular weight is 377 g/mol. The summed E-state index contributed by atoms with van der Waals surface area (Å²) in [5.74, 6) is 0.863. The van der Waals surface area contributed by atoms with Gasteiger partial charge in [-0.25, -0.2) is 0 Å². The summed E-state index contributed by atoms with van der Waals surface area (Å²) in [6, 6.07) is 18.7. The highest BCUT2D eigenvalue weighted by molar-refractivity contribution is 5.65. The third-order valence-corrected chi connectivity index (χ3v) is 5.33. The van der Waals surface area contributed by atoms with Gasteiger partial charge in [0.1, 0.15) is 12.4 Å². The van der Waals surface area contributed by atoms with Crippen LogP contribution in [0.2, 0.25) is 0 Å². The predicted octanol–water partition coefficient (Wildman–Crippen LogP) is 3.06. The fraction of sp³-hybridized carbons (Fsp3) is 0.348. The number of nitrogens with zero attached hydrogens (tertiary/aromatic N) is 3. The van der Waals surface area contributed by atoms with Crippen LogP contribution < -0.4 is 4.74 Å². The van der Waals surface area contributed by atoms with Gasteiger partial charge in [-0.1, -0.05) is 48.5 Å². The molecule has 5 heteroatoms. The van der Waals surface area contributed by atoms with Crippen LogP contribution in [-0.4, -0.2) is 46.1 Å². The van der Waals surface area contributed by atoms with Gasteiger partial charge in [0.25, 0.3) is 0 Å². The zero-order chi connectivity index (χ0) is 19.3. The monoisotopic (exact) mass is 377 g/mol. The normalized spacial score (nSPS) is 14.5. The second kappa shape index (κ2) is 8.59. The highest BCUT2D eigenvalue weighted by atomic mass is 16.5. The van der Waals surface area contributed by atoms with Crippen LogP contribution in [0.15, 0.2) is 54.6 Å². The molecule has 1 N–H and O–H groups in total. The predicted molar refractivity (Wildman–Crippen MR) is 110 cm³/mol. The van der Waals surface area contributed by atoms with Gasteiger partial charge in [-0.05, 0) is 12.5 Å². The van der Waals surface area contributed by atoms with Crippen molar-refractivity contribution in [3.05, 3.63) is 71.4 Å². The molecule has 0 radical (unpaired) electrons. The Morgan fingerprint density at radius 3 is 2.57 bits per heavy atom. The Balaban J connectivity index is 1.51. The molecule has 0 atom stereocenters. The standard InChI is InChI=1S/C23H27N3O2/c1-25-23(18-7-3-2-4-8-18)20-11-13-26(14-12-21(20)24-25)17-19-9-5-6-10-22(19)28-16-15-27/h2-10,27H,11-17H2,1H3. The summed E-state index contributed by atoms with van der Waals surface area (Å²) in [7, 11) is 2.05. The maximum Gasteiger partial charge on any atom is 0.123 e. The SMILES string of the molecule is Cn1nc2c(c1-c1ccccc1)CCN(Cc1ccccc1OCCO)CC2. The highest BCUT2D eigenvalue weighted by Gasteiger charge is 2.22. The molecule has 1 aliphatic rings. The van der Waals surface area contributed by atoms with Crippen LogP contribution in [0.5, 0.6) is 5.75 Å².